The van der Waals surface area contributed by atoms with Crippen LogP contribution in [0.15, 0.2) is 48.5 Å². The lowest BCUT2D eigenvalue weighted by atomic mass is 10.0. The fourth-order valence-electron chi connectivity index (χ4n) is 1.96. The average molecular weight is 313 g/mol. The van der Waals surface area contributed by atoms with E-state index in [9.17, 15) is 8.78 Å². The zero-order chi connectivity index (χ0) is 15.2. The molecule has 0 aliphatic rings. The highest BCUT2D eigenvalue weighted by Crippen LogP contribution is 2.36. The summed E-state index contributed by atoms with van der Waals surface area (Å²) in [6.45, 7) is -0.772. The van der Waals surface area contributed by atoms with E-state index in [1.807, 2.05) is 30.3 Å². The van der Waals surface area contributed by atoms with Gasteiger partial charge in [0.1, 0.15) is 0 Å². The van der Waals surface area contributed by atoms with Crippen molar-refractivity contribution in [3.8, 4) is 11.5 Å². The van der Waals surface area contributed by atoms with Crippen LogP contribution in [0.2, 0.25) is 0 Å². The third-order valence-corrected chi connectivity index (χ3v) is 3.37. The Morgan fingerprint density at radius 2 is 1.71 bits per heavy atom. The lowest BCUT2D eigenvalue weighted by Crippen LogP contribution is -2.05. The van der Waals surface area contributed by atoms with E-state index in [1.54, 1.807) is 19.1 Å². The van der Waals surface area contributed by atoms with Gasteiger partial charge in [0.2, 0.25) is 0 Å². The molecular weight excluding hydrogens is 298 g/mol. The molecule has 0 bridgehead atoms. The zero-order valence-electron chi connectivity index (χ0n) is 11.4. The summed E-state index contributed by atoms with van der Waals surface area (Å²) in [5.74, 6) is 0.268. The van der Waals surface area contributed by atoms with Crippen molar-refractivity contribution >= 4 is 11.6 Å². The maximum atomic E-state index is 12.4. The molecule has 0 heterocycles. The van der Waals surface area contributed by atoms with Gasteiger partial charge < -0.3 is 9.47 Å². The molecule has 112 valence electrons. The number of halogens is 3. The highest BCUT2D eigenvalue weighted by Gasteiger charge is 2.16. The van der Waals surface area contributed by atoms with Crippen molar-refractivity contribution in [2.75, 3.05) is 6.61 Å². The number of alkyl halides is 3. The molecule has 5 heteroatoms. The Labute approximate surface area is 127 Å². The molecule has 0 amide bonds. The van der Waals surface area contributed by atoms with Crippen molar-refractivity contribution in [3.05, 3.63) is 59.7 Å². The van der Waals surface area contributed by atoms with Gasteiger partial charge in [0, 0.05) is 0 Å². The minimum Gasteiger partial charge on any atom is -0.490 e. The van der Waals surface area contributed by atoms with Gasteiger partial charge in [-0.15, -0.1) is 11.6 Å². The van der Waals surface area contributed by atoms with Crippen LogP contribution in [0.3, 0.4) is 0 Å². The smallest absolute Gasteiger partial charge is 0.387 e. The number of hydrogen-bond donors (Lipinski definition) is 0. The van der Waals surface area contributed by atoms with Gasteiger partial charge in [-0.25, -0.2) is 0 Å². The molecule has 1 atom stereocenters. The van der Waals surface area contributed by atoms with Gasteiger partial charge in [-0.05, 0) is 30.2 Å². The summed E-state index contributed by atoms with van der Waals surface area (Å²) in [7, 11) is 0. The van der Waals surface area contributed by atoms with E-state index < -0.39 is 6.61 Å². The summed E-state index contributed by atoms with van der Waals surface area (Å²) in [6.07, 6.45) is 0. The highest BCUT2D eigenvalue weighted by atomic mass is 35.5. The standard InChI is InChI=1S/C16H15ClF2O2/c1-2-20-14-10-12(8-9-13(14)21-16(18)19)15(17)11-6-4-3-5-7-11/h3-10,15-16H,2H2,1H3. The van der Waals surface area contributed by atoms with Crippen molar-refractivity contribution in [2.24, 2.45) is 0 Å². The Balaban J connectivity index is 2.30. The van der Waals surface area contributed by atoms with Gasteiger partial charge in [-0.2, -0.15) is 8.78 Å². The Morgan fingerprint density at radius 1 is 1.00 bits per heavy atom. The fourth-order valence-corrected chi connectivity index (χ4v) is 2.24. The summed E-state index contributed by atoms with van der Waals surface area (Å²) in [5.41, 5.74) is 1.68. The minimum atomic E-state index is -2.89. The third kappa shape index (κ3) is 4.08. The Kier molecular flexibility index (Phi) is 5.39. The van der Waals surface area contributed by atoms with Crippen molar-refractivity contribution in [1.82, 2.24) is 0 Å². The second-order valence-electron chi connectivity index (χ2n) is 4.29. The molecule has 0 aliphatic carbocycles. The number of ether oxygens (including phenoxy) is 2. The molecule has 2 nitrogen and oxygen atoms in total. The van der Waals surface area contributed by atoms with Crippen LogP contribution in [0.5, 0.6) is 11.5 Å². The summed E-state index contributed by atoms with van der Waals surface area (Å²) < 4.78 is 34.5. The van der Waals surface area contributed by atoms with Gasteiger partial charge in [0.15, 0.2) is 11.5 Å². The lowest BCUT2D eigenvalue weighted by molar-refractivity contribution is -0.0514. The normalized spacial score (nSPS) is 12.2. The van der Waals surface area contributed by atoms with E-state index in [-0.39, 0.29) is 16.9 Å². The minimum absolute atomic E-state index is 0.00697. The summed E-state index contributed by atoms with van der Waals surface area (Å²) in [5, 5.41) is -0.383. The molecule has 0 saturated carbocycles. The molecule has 0 radical (unpaired) electrons. The Bertz CT molecular complexity index is 576. The molecule has 0 fully saturated rings. The van der Waals surface area contributed by atoms with E-state index in [2.05, 4.69) is 4.74 Å². The van der Waals surface area contributed by atoms with Crippen LogP contribution >= 0.6 is 11.6 Å². The topological polar surface area (TPSA) is 18.5 Å². The SMILES string of the molecule is CCOc1cc(C(Cl)c2ccccc2)ccc1OC(F)F. The summed E-state index contributed by atoms with van der Waals surface area (Å²) >= 11 is 6.42. The first-order valence-electron chi connectivity index (χ1n) is 6.52. The number of hydrogen-bond acceptors (Lipinski definition) is 2. The molecule has 2 aromatic carbocycles. The van der Waals surface area contributed by atoms with Crippen molar-refractivity contribution in [1.29, 1.82) is 0 Å². The van der Waals surface area contributed by atoms with Gasteiger partial charge in [-0.1, -0.05) is 36.4 Å². The summed E-state index contributed by atoms with van der Waals surface area (Å²) in [4.78, 5) is 0. The van der Waals surface area contributed by atoms with Gasteiger partial charge in [-0.3, -0.25) is 0 Å². The lowest BCUT2D eigenvalue weighted by Gasteiger charge is -2.15. The predicted molar refractivity (Wildman–Crippen MR) is 78.4 cm³/mol. The molecule has 0 aliphatic heterocycles. The maximum Gasteiger partial charge on any atom is 0.387 e. The van der Waals surface area contributed by atoms with E-state index in [1.165, 1.54) is 6.07 Å². The summed E-state index contributed by atoms with van der Waals surface area (Å²) in [6, 6.07) is 14.2. The molecule has 2 rings (SSSR count). The molecule has 0 aromatic heterocycles. The van der Waals surface area contributed by atoms with Crippen molar-refractivity contribution in [3.63, 3.8) is 0 Å². The Morgan fingerprint density at radius 3 is 2.33 bits per heavy atom. The monoisotopic (exact) mass is 312 g/mol. The Hall–Kier alpha value is -1.81. The first-order chi connectivity index (χ1) is 10.1. The largest absolute Gasteiger partial charge is 0.490 e. The average Bonchev–Trinajstić information content (AvgIpc) is 2.49. The van der Waals surface area contributed by atoms with Gasteiger partial charge in [0.25, 0.3) is 0 Å². The molecule has 1 unspecified atom stereocenters. The van der Waals surface area contributed by atoms with Crippen molar-refractivity contribution < 1.29 is 18.3 Å². The van der Waals surface area contributed by atoms with Crippen LogP contribution in [0.25, 0.3) is 0 Å². The highest BCUT2D eigenvalue weighted by molar-refractivity contribution is 6.22. The van der Waals surface area contributed by atoms with E-state index in [4.69, 9.17) is 16.3 Å². The number of benzene rings is 2. The van der Waals surface area contributed by atoms with E-state index in [0.29, 0.717) is 6.61 Å². The quantitative estimate of drug-likeness (QED) is 0.698. The second kappa shape index (κ2) is 7.27. The maximum absolute atomic E-state index is 12.4. The van der Waals surface area contributed by atoms with Crippen molar-refractivity contribution in [2.45, 2.75) is 18.9 Å². The van der Waals surface area contributed by atoms with Gasteiger partial charge >= 0.3 is 6.61 Å². The van der Waals surface area contributed by atoms with E-state index in [0.717, 1.165) is 11.1 Å². The molecule has 2 aromatic rings. The van der Waals surface area contributed by atoms with E-state index >= 15 is 0 Å². The predicted octanol–water partition coefficient (Wildman–Crippen LogP) is 5.01. The first kappa shape index (κ1) is 15.6. The molecule has 0 N–H and O–H groups in total. The number of rotatable bonds is 6. The van der Waals surface area contributed by atoms with Gasteiger partial charge in [0.05, 0.1) is 12.0 Å². The van der Waals surface area contributed by atoms with Crippen LogP contribution in [-0.4, -0.2) is 13.2 Å². The molecule has 0 spiro atoms. The first-order valence-corrected chi connectivity index (χ1v) is 6.96. The van der Waals surface area contributed by atoms with Crippen LogP contribution in [0.4, 0.5) is 8.78 Å². The van der Waals surface area contributed by atoms with Crippen LogP contribution < -0.4 is 9.47 Å². The van der Waals surface area contributed by atoms with Crippen LogP contribution in [0, 0.1) is 0 Å². The van der Waals surface area contributed by atoms with Crippen LogP contribution in [0.1, 0.15) is 23.4 Å². The molecule has 21 heavy (non-hydrogen) atoms. The molecular formula is C16H15ClF2O2. The third-order valence-electron chi connectivity index (χ3n) is 2.87. The zero-order valence-corrected chi connectivity index (χ0v) is 12.2. The van der Waals surface area contributed by atoms with Crippen LogP contribution in [-0.2, 0) is 0 Å². The second-order valence-corrected chi connectivity index (χ2v) is 4.73. The molecule has 0 saturated heterocycles. The fraction of sp³-hybridized carbons (Fsp3) is 0.250.